The SMILES string of the molecule is COCCNCc1cc(Cl)ccc1OCc1nnc(C)o1. The largest absolute Gasteiger partial charge is 0.483 e. The van der Waals surface area contributed by atoms with Gasteiger partial charge in [0.15, 0.2) is 6.61 Å². The number of ether oxygens (including phenoxy) is 2. The van der Waals surface area contributed by atoms with Crippen molar-refractivity contribution in [2.75, 3.05) is 20.3 Å². The van der Waals surface area contributed by atoms with E-state index in [2.05, 4.69) is 15.5 Å². The van der Waals surface area contributed by atoms with E-state index in [0.717, 1.165) is 17.9 Å². The zero-order chi connectivity index (χ0) is 15.1. The summed E-state index contributed by atoms with van der Waals surface area (Å²) in [6.45, 7) is 4.02. The van der Waals surface area contributed by atoms with Gasteiger partial charge in [-0.1, -0.05) is 11.6 Å². The minimum absolute atomic E-state index is 0.230. The minimum Gasteiger partial charge on any atom is -0.483 e. The second-order valence-electron chi connectivity index (χ2n) is 4.43. The van der Waals surface area contributed by atoms with Crippen LogP contribution in [0.25, 0.3) is 0 Å². The normalized spacial score (nSPS) is 10.8. The van der Waals surface area contributed by atoms with Crippen molar-refractivity contribution in [3.8, 4) is 5.75 Å². The van der Waals surface area contributed by atoms with E-state index in [1.807, 2.05) is 12.1 Å². The highest BCUT2D eigenvalue weighted by molar-refractivity contribution is 6.30. The van der Waals surface area contributed by atoms with E-state index < -0.39 is 0 Å². The van der Waals surface area contributed by atoms with Crippen LogP contribution in [0.2, 0.25) is 5.02 Å². The van der Waals surface area contributed by atoms with Crippen molar-refractivity contribution in [2.24, 2.45) is 0 Å². The molecule has 0 spiro atoms. The summed E-state index contributed by atoms with van der Waals surface area (Å²) < 4.78 is 16.0. The third-order valence-electron chi connectivity index (χ3n) is 2.74. The summed E-state index contributed by atoms with van der Waals surface area (Å²) in [7, 11) is 1.67. The third kappa shape index (κ3) is 5.00. The summed E-state index contributed by atoms with van der Waals surface area (Å²) in [5, 5.41) is 11.6. The summed E-state index contributed by atoms with van der Waals surface area (Å²) in [4.78, 5) is 0. The smallest absolute Gasteiger partial charge is 0.253 e. The first-order valence-corrected chi connectivity index (χ1v) is 6.96. The molecule has 0 aliphatic heterocycles. The average Bonchev–Trinajstić information content (AvgIpc) is 2.88. The number of aryl methyl sites for hydroxylation is 1. The monoisotopic (exact) mass is 311 g/mol. The summed E-state index contributed by atoms with van der Waals surface area (Å²) in [5.41, 5.74) is 0.967. The predicted molar refractivity (Wildman–Crippen MR) is 78.4 cm³/mol. The number of hydrogen-bond acceptors (Lipinski definition) is 6. The highest BCUT2D eigenvalue weighted by atomic mass is 35.5. The van der Waals surface area contributed by atoms with Crippen molar-refractivity contribution in [2.45, 2.75) is 20.1 Å². The van der Waals surface area contributed by atoms with Gasteiger partial charge in [-0.25, -0.2) is 0 Å². The summed E-state index contributed by atoms with van der Waals surface area (Å²) in [6, 6.07) is 5.49. The van der Waals surface area contributed by atoms with Crippen molar-refractivity contribution in [1.82, 2.24) is 15.5 Å². The number of aromatic nitrogens is 2. The first kappa shape index (κ1) is 15.8. The molecule has 0 aliphatic rings. The molecule has 1 heterocycles. The van der Waals surface area contributed by atoms with Crippen LogP contribution in [-0.4, -0.2) is 30.5 Å². The molecule has 21 heavy (non-hydrogen) atoms. The van der Waals surface area contributed by atoms with Crippen LogP contribution in [0, 0.1) is 6.92 Å². The lowest BCUT2D eigenvalue weighted by molar-refractivity contribution is 0.199. The number of nitrogens with zero attached hydrogens (tertiary/aromatic N) is 2. The van der Waals surface area contributed by atoms with E-state index in [0.29, 0.717) is 30.0 Å². The number of nitrogens with one attached hydrogen (secondary N) is 1. The molecule has 1 aromatic carbocycles. The Morgan fingerprint density at radius 3 is 2.90 bits per heavy atom. The van der Waals surface area contributed by atoms with Crippen molar-refractivity contribution in [1.29, 1.82) is 0 Å². The quantitative estimate of drug-likeness (QED) is 0.755. The lowest BCUT2D eigenvalue weighted by Crippen LogP contribution is -2.19. The molecule has 1 aromatic heterocycles. The summed E-state index contributed by atoms with van der Waals surface area (Å²) >= 11 is 6.03. The Bertz CT molecular complexity index is 574. The van der Waals surface area contributed by atoms with E-state index in [1.54, 1.807) is 20.1 Å². The molecule has 2 aromatic rings. The molecule has 6 nitrogen and oxygen atoms in total. The van der Waals surface area contributed by atoms with Gasteiger partial charge in [0.05, 0.1) is 6.61 Å². The number of halogens is 1. The van der Waals surface area contributed by atoms with Gasteiger partial charge in [-0.3, -0.25) is 0 Å². The molecule has 2 rings (SSSR count). The fraction of sp³-hybridized carbons (Fsp3) is 0.429. The molecule has 0 saturated heterocycles. The molecule has 0 fully saturated rings. The van der Waals surface area contributed by atoms with E-state index >= 15 is 0 Å². The van der Waals surface area contributed by atoms with Crippen LogP contribution in [0.3, 0.4) is 0 Å². The number of benzene rings is 1. The van der Waals surface area contributed by atoms with Crippen LogP contribution in [0.15, 0.2) is 22.6 Å². The van der Waals surface area contributed by atoms with Gasteiger partial charge in [0.25, 0.3) is 5.89 Å². The maximum Gasteiger partial charge on any atom is 0.253 e. The molecule has 0 unspecified atom stereocenters. The molecular weight excluding hydrogens is 294 g/mol. The van der Waals surface area contributed by atoms with E-state index in [4.69, 9.17) is 25.5 Å². The van der Waals surface area contributed by atoms with E-state index in [9.17, 15) is 0 Å². The molecule has 0 aliphatic carbocycles. The highest BCUT2D eigenvalue weighted by Gasteiger charge is 2.08. The van der Waals surface area contributed by atoms with Crippen LogP contribution in [0.4, 0.5) is 0 Å². The molecule has 1 N–H and O–H groups in total. The maximum atomic E-state index is 6.03. The number of methoxy groups -OCH3 is 1. The zero-order valence-electron chi connectivity index (χ0n) is 12.1. The predicted octanol–water partition coefficient (Wildman–Crippen LogP) is 2.35. The van der Waals surface area contributed by atoms with Gasteiger partial charge < -0.3 is 19.2 Å². The van der Waals surface area contributed by atoms with Crippen LogP contribution in [0.1, 0.15) is 17.3 Å². The molecule has 7 heteroatoms. The van der Waals surface area contributed by atoms with E-state index in [-0.39, 0.29) is 6.61 Å². The average molecular weight is 312 g/mol. The molecule has 0 amide bonds. The second kappa shape index (κ2) is 7.97. The highest BCUT2D eigenvalue weighted by Crippen LogP contribution is 2.23. The summed E-state index contributed by atoms with van der Waals surface area (Å²) in [5.74, 6) is 1.70. The van der Waals surface area contributed by atoms with Crippen LogP contribution in [-0.2, 0) is 17.9 Å². The second-order valence-corrected chi connectivity index (χ2v) is 4.86. The topological polar surface area (TPSA) is 69.4 Å². The molecule has 114 valence electrons. The summed E-state index contributed by atoms with van der Waals surface area (Å²) in [6.07, 6.45) is 0. The Hall–Kier alpha value is -1.63. The van der Waals surface area contributed by atoms with Gasteiger partial charge in [0, 0.05) is 37.7 Å². The van der Waals surface area contributed by atoms with Crippen molar-refractivity contribution < 1.29 is 13.9 Å². The lowest BCUT2D eigenvalue weighted by atomic mass is 10.2. The van der Waals surface area contributed by atoms with E-state index in [1.165, 1.54) is 0 Å². The van der Waals surface area contributed by atoms with Crippen molar-refractivity contribution >= 4 is 11.6 Å². The van der Waals surface area contributed by atoms with Gasteiger partial charge in [0.1, 0.15) is 5.75 Å². The van der Waals surface area contributed by atoms with Gasteiger partial charge in [-0.2, -0.15) is 0 Å². The lowest BCUT2D eigenvalue weighted by Gasteiger charge is -2.11. The van der Waals surface area contributed by atoms with Gasteiger partial charge in [0.2, 0.25) is 5.89 Å². The Morgan fingerprint density at radius 1 is 1.33 bits per heavy atom. The van der Waals surface area contributed by atoms with Crippen LogP contribution in [0.5, 0.6) is 5.75 Å². The maximum absolute atomic E-state index is 6.03. The third-order valence-corrected chi connectivity index (χ3v) is 2.98. The van der Waals surface area contributed by atoms with Crippen molar-refractivity contribution in [3.63, 3.8) is 0 Å². The fourth-order valence-corrected chi connectivity index (χ4v) is 1.95. The molecule has 0 atom stereocenters. The molecule has 0 saturated carbocycles. The number of rotatable bonds is 8. The van der Waals surface area contributed by atoms with Crippen LogP contribution >= 0.6 is 11.6 Å². The van der Waals surface area contributed by atoms with Gasteiger partial charge in [-0.15, -0.1) is 10.2 Å². The molecule has 0 bridgehead atoms. The zero-order valence-corrected chi connectivity index (χ0v) is 12.8. The minimum atomic E-state index is 0.230. The standard InChI is InChI=1S/C14H18ClN3O3/c1-10-17-18-14(21-10)9-20-13-4-3-12(15)7-11(13)8-16-5-6-19-2/h3-4,7,16H,5-6,8-9H2,1-2H3. The molecule has 0 radical (unpaired) electrons. The molecular formula is C14H18ClN3O3. The van der Waals surface area contributed by atoms with Gasteiger partial charge in [-0.05, 0) is 18.2 Å². The first-order chi connectivity index (χ1) is 10.2. The Labute approximate surface area is 128 Å². The number of hydrogen-bond donors (Lipinski definition) is 1. The van der Waals surface area contributed by atoms with Crippen molar-refractivity contribution in [3.05, 3.63) is 40.6 Å². The Kier molecular flexibility index (Phi) is 5.98. The first-order valence-electron chi connectivity index (χ1n) is 6.59. The fourth-order valence-electron chi connectivity index (χ4n) is 1.76. The van der Waals surface area contributed by atoms with Crippen LogP contribution < -0.4 is 10.1 Å². The van der Waals surface area contributed by atoms with Gasteiger partial charge >= 0.3 is 0 Å². The Balaban J connectivity index is 1.97. The Morgan fingerprint density at radius 2 is 2.19 bits per heavy atom.